The van der Waals surface area contributed by atoms with Crippen LogP contribution in [0.4, 0.5) is 0 Å². The van der Waals surface area contributed by atoms with Crippen molar-refractivity contribution < 1.29 is 19.4 Å². The molecular formula is C12H22N2O4. The van der Waals surface area contributed by atoms with Crippen molar-refractivity contribution in [1.82, 2.24) is 4.90 Å². The molecule has 3 N–H and O–H groups in total. The molecule has 0 aliphatic carbocycles. The topological polar surface area (TPSA) is 92.9 Å². The maximum atomic E-state index is 12.1. The second-order valence-electron chi connectivity index (χ2n) is 4.61. The summed E-state index contributed by atoms with van der Waals surface area (Å²) in [6.07, 6.45) is 2.45. The number of carbonyl (C=O) groups is 2. The van der Waals surface area contributed by atoms with Crippen molar-refractivity contribution in [1.29, 1.82) is 0 Å². The summed E-state index contributed by atoms with van der Waals surface area (Å²) in [5.74, 6) is -1.08. The van der Waals surface area contributed by atoms with E-state index in [1.165, 1.54) is 0 Å². The van der Waals surface area contributed by atoms with Crippen LogP contribution in [-0.4, -0.2) is 53.7 Å². The summed E-state index contributed by atoms with van der Waals surface area (Å²) in [6, 6.07) is -0.921. The van der Waals surface area contributed by atoms with Crippen LogP contribution in [0.5, 0.6) is 0 Å². The number of morpholine rings is 1. The van der Waals surface area contributed by atoms with Gasteiger partial charge in [0.25, 0.3) is 0 Å². The lowest BCUT2D eigenvalue weighted by atomic mass is 10.1. The van der Waals surface area contributed by atoms with Gasteiger partial charge in [-0.3, -0.25) is 9.59 Å². The second kappa shape index (κ2) is 7.33. The van der Waals surface area contributed by atoms with Crippen LogP contribution in [0, 0.1) is 0 Å². The first-order valence-corrected chi connectivity index (χ1v) is 6.41. The second-order valence-corrected chi connectivity index (χ2v) is 4.61. The van der Waals surface area contributed by atoms with Gasteiger partial charge in [-0.25, -0.2) is 0 Å². The Kier molecular flexibility index (Phi) is 6.07. The Hall–Kier alpha value is -1.14. The number of amides is 1. The summed E-state index contributed by atoms with van der Waals surface area (Å²) in [7, 11) is 0. The summed E-state index contributed by atoms with van der Waals surface area (Å²) in [5.41, 5.74) is 5.85. The SMILES string of the molecule is CCCCC(N)C(=O)N1CCOCC1CC(=O)O. The van der Waals surface area contributed by atoms with E-state index in [2.05, 4.69) is 0 Å². The van der Waals surface area contributed by atoms with Crippen molar-refractivity contribution in [2.75, 3.05) is 19.8 Å². The van der Waals surface area contributed by atoms with Crippen LogP contribution in [0.15, 0.2) is 0 Å². The van der Waals surface area contributed by atoms with Crippen molar-refractivity contribution in [3.63, 3.8) is 0 Å². The van der Waals surface area contributed by atoms with Crippen LogP contribution in [0.3, 0.4) is 0 Å². The van der Waals surface area contributed by atoms with Crippen molar-refractivity contribution in [3.05, 3.63) is 0 Å². The van der Waals surface area contributed by atoms with Gasteiger partial charge in [0.05, 0.1) is 31.7 Å². The Morgan fingerprint density at radius 2 is 2.28 bits per heavy atom. The van der Waals surface area contributed by atoms with E-state index in [0.29, 0.717) is 19.6 Å². The number of unbranched alkanes of at least 4 members (excludes halogenated alkanes) is 1. The third-order valence-corrected chi connectivity index (χ3v) is 3.11. The Morgan fingerprint density at radius 3 is 2.89 bits per heavy atom. The number of aliphatic carboxylic acids is 1. The van der Waals surface area contributed by atoms with E-state index >= 15 is 0 Å². The van der Waals surface area contributed by atoms with E-state index in [0.717, 1.165) is 12.8 Å². The molecule has 1 saturated heterocycles. The van der Waals surface area contributed by atoms with Gasteiger partial charge < -0.3 is 20.5 Å². The molecule has 6 nitrogen and oxygen atoms in total. The number of rotatable bonds is 6. The van der Waals surface area contributed by atoms with Gasteiger partial charge in [-0.15, -0.1) is 0 Å². The van der Waals surface area contributed by atoms with E-state index in [9.17, 15) is 9.59 Å². The van der Waals surface area contributed by atoms with Crippen molar-refractivity contribution in [2.24, 2.45) is 5.73 Å². The highest BCUT2D eigenvalue weighted by Gasteiger charge is 2.31. The summed E-state index contributed by atoms with van der Waals surface area (Å²) in [4.78, 5) is 24.5. The van der Waals surface area contributed by atoms with E-state index in [-0.39, 0.29) is 18.9 Å². The van der Waals surface area contributed by atoms with Gasteiger partial charge in [-0.05, 0) is 6.42 Å². The molecule has 2 unspecified atom stereocenters. The molecule has 1 fully saturated rings. The predicted octanol–water partition coefficient (Wildman–Crippen LogP) is 0.206. The first kappa shape index (κ1) is 14.9. The number of carboxylic acid groups (broad SMARTS) is 1. The highest BCUT2D eigenvalue weighted by Crippen LogP contribution is 2.13. The van der Waals surface area contributed by atoms with Crippen LogP contribution >= 0.6 is 0 Å². The Bertz CT molecular complexity index is 296. The highest BCUT2D eigenvalue weighted by molar-refractivity contribution is 5.82. The molecule has 1 heterocycles. The zero-order valence-electron chi connectivity index (χ0n) is 10.8. The van der Waals surface area contributed by atoms with Gasteiger partial charge in [0.1, 0.15) is 0 Å². The molecule has 0 aromatic rings. The van der Waals surface area contributed by atoms with Crippen LogP contribution in [0.2, 0.25) is 0 Å². The van der Waals surface area contributed by atoms with Crippen molar-refractivity contribution in [3.8, 4) is 0 Å². The molecule has 1 aliphatic rings. The smallest absolute Gasteiger partial charge is 0.305 e. The molecule has 18 heavy (non-hydrogen) atoms. The molecule has 0 bridgehead atoms. The molecule has 0 aromatic carbocycles. The lowest BCUT2D eigenvalue weighted by Gasteiger charge is -2.36. The van der Waals surface area contributed by atoms with Crippen LogP contribution in [-0.2, 0) is 14.3 Å². The zero-order chi connectivity index (χ0) is 13.5. The minimum absolute atomic E-state index is 0.0910. The maximum absolute atomic E-state index is 12.1. The summed E-state index contributed by atoms with van der Waals surface area (Å²) in [6.45, 7) is 3.19. The number of hydrogen-bond acceptors (Lipinski definition) is 4. The molecule has 2 atom stereocenters. The van der Waals surface area contributed by atoms with Gasteiger partial charge >= 0.3 is 5.97 Å². The standard InChI is InChI=1S/C12H22N2O4/c1-2-3-4-10(13)12(17)14-5-6-18-8-9(14)7-11(15)16/h9-10H,2-8,13H2,1H3,(H,15,16). The van der Waals surface area contributed by atoms with E-state index < -0.39 is 18.1 Å². The molecule has 0 aromatic heterocycles. The average molecular weight is 258 g/mol. The number of hydrogen-bond donors (Lipinski definition) is 2. The molecule has 104 valence electrons. The molecule has 1 aliphatic heterocycles. The lowest BCUT2D eigenvalue weighted by molar-refractivity contribution is -0.147. The maximum Gasteiger partial charge on any atom is 0.305 e. The average Bonchev–Trinajstić information content (AvgIpc) is 2.35. The fourth-order valence-corrected chi connectivity index (χ4v) is 2.08. The van der Waals surface area contributed by atoms with Crippen molar-refractivity contribution >= 4 is 11.9 Å². The van der Waals surface area contributed by atoms with Crippen LogP contribution < -0.4 is 5.73 Å². The first-order chi connectivity index (χ1) is 8.56. The molecule has 0 radical (unpaired) electrons. The van der Waals surface area contributed by atoms with Gasteiger partial charge in [0.2, 0.25) is 5.91 Å². The fourth-order valence-electron chi connectivity index (χ4n) is 2.08. The highest BCUT2D eigenvalue weighted by atomic mass is 16.5. The van der Waals surface area contributed by atoms with Gasteiger partial charge in [-0.2, -0.15) is 0 Å². The minimum Gasteiger partial charge on any atom is -0.481 e. The zero-order valence-corrected chi connectivity index (χ0v) is 10.8. The molecule has 0 spiro atoms. The summed E-state index contributed by atoms with van der Waals surface area (Å²) >= 11 is 0. The van der Waals surface area contributed by atoms with Gasteiger partial charge in [0, 0.05) is 6.54 Å². The largest absolute Gasteiger partial charge is 0.481 e. The summed E-state index contributed by atoms with van der Waals surface area (Å²) < 4.78 is 5.23. The Balaban J connectivity index is 2.58. The molecule has 6 heteroatoms. The third kappa shape index (κ3) is 4.27. The Morgan fingerprint density at radius 1 is 1.56 bits per heavy atom. The number of ether oxygens (including phenoxy) is 1. The van der Waals surface area contributed by atoms with E-state index in [1.54, 1.807) is 4.90 Å². The number of carboxylic acids is 1. The Labute approximate surface area is 107 Å². The quantitative estimate of drug-likeness (QED) is 0.710. The molecule has 1 rings (SSSR count). The van der Waals surface area contributed by atoms with Crippen LogP contribution in [0.1, 0.15) is 32.6 Å². The van der Waals surface area contributed by atoms with Crippen LogP contribution in [0.25, 0.3) is 0 Å². The lowest BCUT2D eigenvalue weighted by Crippen LogP contribution is -2.54. The summed E-state index contributed by atoms with van der Waals surface area (Å²) in [5, 5.41) is 8.82. The third-order valence-electron chi connectivity index (χ3n) is 3.11. The van der Waals surface area contributed by atoms with E-state index in [4.69, 9.17) is 15.6 Å². The predicted molar refractivity (Wildman–Crippen MR) is 66.1 cm³/mol. The number of nitrogens with zero attached hydrogens (tertiary/aromatic N) is 1. The molecule has 0 saturated carbocycles. The normalized spacial score (nSPS) is 21.7. The number of nitrogens with two attached hydrogens (primary N) is 1. The fraction of sp³-hybridized carbons (Fsp3) is 0.833. The van der Waals surface area contributed by atoms with Gasteiger partial charge in [0.15, 0.2) is 0 Å². The molecule has 1 amide bonds. The number of carbonyl (C=O) groups excluding carboxylic acids is 1. The monoisotopic (exact) mass is 258 g/mol. The molecular weight excluding hydrogens is 236 g/mol. The van der Waals surface area contributed by atoms with E-state index in [1.807, 2.05) is 6.92 Å². The van der Waals surface area contributed by atoms with Crippen molar-refractivity contribution in [2.45, 2.75) is 44.7 Å². The first-order valence-electron chi connectivity index (χ1n) is 6.41. The van der Waals surface area contributed by atoms with Gasteiger partial charge in [-0.1, -0.05) is 19.8 Å². The minimum atomic E-state index is -0.926.